The van der Waals surface area contributed by atoms with Crippen LogP contribution in [0.1, 0.15) is 55.9 Å². The van der Waals surface area contributed by atoms with Crippen LogP contribution in [0.15, 0.2) is 18.2 Å². The fraction of sp³-hybridized carbons (Fsp3) is 0.625. The summed E-state index contributed by atoms with van der Waals surface area (Å²) in [6, 6.07) is 6.38. The molecule has 0 radical (unpaired) electrons. The molecule has 1 nitrogen and oxygen atoms in total. The van der Waals surface area contributed by atoms with Gasteiger partial charge in [0.25, 0.3) is 0 Å². The average molecular weight is 232 g/mol. The Kier molecular flexibility index (Phi) is 3.31. The molecule has 0 aliphatic heterocycles. The van der Waals surface area contributed by atoms with Gasteiger partial charge >= 0.3 is 0 Å². The monoisotopic (exact) mass is 232 g/mol. The van der Waals surface area contributed by atoms with E-state index >= 15 is 0 Å². The van der Waals surface area contributed by atoms with E-state index in [4.69, 9.17) is 0 Å². The Hall–Kier alpha value is -0.820. The van der Waals surface area contributed by atoms with Gasteiger partial charge in [0.2, 0.25) is 0 Å². The van der Waals surface area contributed by atoms with Crippen molar-refractivity contribution in [2.45, 2.75) is 53.1 Å². The Morgan fingerprint density at radius 3 is 2.59 bits per heavy atom. The summed E-state index contributed by atoms with van der Waals surface area (Å²) in [5, 5.41) is 10.7. The molecule has 1 fully saturated rings. The highest BCUT2D eigenvalue weighted by molar-refractivity contribution is 5.32. The third-order valence-corrected chi connectivity index (χ3v) is 4.47. The average Bonchev–Trinajstić information content (AvgIpc) is 2.61. The maximum atomic E-state index is 10.7. The first-order chi connectivity index (χ1) is 7.92. The van der Waals surface area contributed by atoms with Crippen molar-refractivity contribution in [3.05, 3.63) is 34.9 Å². The molecular weight excluding hydrogens is 208 g/mol. The lowest BCUT2D eigenvalue weighted by Crippen LogP contribution is -2.24. The van der Waals surface area contributed by atoms with Crippen LogP contribution in [0.2, 0.25) is 0 Å². The fourth-order valence-electron chi connectivity index (χ4n) is 3.23. The van der Waals surface area contributed by atoms with E-state index in [0.717, 1.165) is 12.0 Å². The third kappa shape index (κ3) is 2.40. The zero-order valence-corrected chi connectivity index (χ0v) is 11.5. The number of aliphatic hydroxyl groups is 1. The largest absolute Gasteiger partial charge is 0.388 e. The lowest BCUT2D eigenvalue weighted by molar-refractivity contribution is 0.0527. The van der Waals surface area contributed by atoms with Crippen LogP contribution in [-0.4, -0.2) is 5.11 Å². The molecule has 1 aromatic rings. The van der Waals surface area contributed by atoms with Gasteiger partial charge in [0.05, 0.1) is 6.10 Å². The molecule has 1 aromatic carbocycles. The minimum Gasteiger partial charge on any atom is -0.388 e. The molecule has 0 bridgehead atoms. The number of aryl methyl sites for hydroxylation is 2. The normalized spacial score (nSPS) is 24.9. The molecule has 1 heteroatoms. The Balaban J connectivity index is 2.30. The van der Waals surface area contributed by atoms with Crippen LogP contribution in [0, 0.1) is 25.2 Å². The van der Waals surface area contributed by atoms with Crippen molar-refractivity contribution in [3.8, 4) is 0 Å². The molecule has 94 valence electrons. The highest BCUT2D eigenvalue weighted by atomic mass is 16.3. The summed E-state index contributed by atoms with van der Waals surface area (Å²) in [5.74, 6) is 0.406. The second kappa shape index (κ2) is 4.45. The summed E-state index contributed by atoms with van der Waals surface area (Å²) >= 11 is 0. The molecule has 17 heavy (non-hydrogen) atoms. The van der Waals surface area contributed by atoms with E-state index in [2.05, 4.69) is 45.9 Å². The summed E-state index contributed by atoms with van der Waals surface area (Å²) in [4.78, 5) is 0. The Labute approximate surface area is 105 Å². The smallest absolute Gasteiger partial charge is 0.0825 e. The van der Waals surface area contributed by atoms with Gasteiger partial charge in [-0.1, -0.05) is 44.0 Å². The fourth-order valence-corrected chi connectivity index (χ4v) is 3.23. The zero-order chi connectivity index (χ0) is 12.6. The number of hydrogen-bond acceptors (Lipinski definition) is 1. The lowest BCUT2D eigenvalue weighted by atomic mass is 9.76. The molecule has 0 spiro atoms. The summed E-state index contributed by atoms with van der Waals surface area (Å²) in [6.45, 7) is 8.77. The van der Waals surface area contributed by atoms with E-state index in [9.17, 15) is 5.11 Å². The predicted octanol–water partition coefficient (Wildman–Crippen LogP) is 4.16. The number of benzene rings is 1. The van der Waals surface area contributed by atoms with Crippen LogP contribution >= 0.6 is 0 Å². The van der Waals surface area contributed by atoms with Crippen LogP contribution in [0.5, 0.6) is 0 Å². The standard InChI is InChI=1S/C16H24O/c1-11-7-8-12(2)13(10-11)15(17)14-6-5-9-16(14,3)4/h7-8,10,14-15,17H,5-6,9H2,1-4H3. The van der Waals surface area contributed by atoms with Gasteiger partial charge in [-0.25, -0.2) is 0 Å². The Bertz CT molecular complexity index is 406. The van der Waals surface area contributed by atoms with Gasteiger partial charge in [-0.2, -0.15) is 0 Å². The van der Waals surface area contributed by atoms with Crippen molar-refractivity contribution in [2.24, 2.45) is 11.3 Å². The van der Waals surface area contributed by atoms with Crippen molar-refractivity contribution >= 4 is 0 Å². The van der Waals surface area contributed by atoms with E-state index in [1.807, 2.05) is 0 Å². The van der Waals surface area contributed by atoms with Gasteiger partial charge in [0.15, 0.2) is 0 Å². The molecule has 2 rings (SSSR count). The first kappa shape index (κ1) is 12.6. The molecule has 1 aliphatic carbocycles. The van der Waals surface area contributed by atoms with Crippen molar-refractivity contribution in [2.75, 3.05) is 0 Å². The van der Waals surface area contributed by atoms with Crippen LogP contribution in [0.4, 0.5) is 0 Å². The molecule has 0 heterocycles. The second-order valence-corrected chi connectivity index (χ2v) is 6.29. The first-order valence-corrected chi connectivity index (χ1v) is 6.67. The van der Waals surface area contributed by atoms with Gasteiger partial charge in [0.1, 0.15) is 0 Å². The van der Waals surface area contributed by atoms with Crippen molar-refractivity contribution in [1.82, 2.24) is 0 Å². The summed E-state index contributed by atoms with van der Waals surface area (Å²) < 4.78 is 0. The number of hydrogen-bond donors (Lipinski definition) is 1. The van der Waals surface area contributed by atoms with E-state index in [-0.39, 0.29) is 11.5 Å². The van der Waals surface area contributed by atoms with Crippen molar-refractivity contribution < 1.29 is 5.11 Å². The zero-order valence-electron chi connectivity index (χ0n) is 11.5. The Morgan fingerprint density at radius 1 is 1.29 bits per heavy atom. The lowest BCUT2D eigenvalue weighted by Gasteiger charge is -2.32. The minimum atomic E-state index is -0.299. The molecule has 0 aromatic heterocycles. The van der Waals surface area contributed by atoms with E-state index < -0.39 is 0 Å². The van der Waals surface area contributed by atoms with Gasteiger partial charge in [-0.05, 0) is 49.1 Å². The Morgan fingerprint density at radius 2 is 2.00 bits per heavy atom. The second-order valence-electron chi connectivity index (χ2n) is 6.29. The maximum Gasteiger partial charge on any atom is 0.0825 e. The van der Waals surface area contributed by atoms with Gasteiger partial charge < -0.3 is 5.11 Å². The van der Waals surface area contributed by atoms with E-state index in [1.54, 1.807) is 0 Å². The number of aliphatic hydroxyl groups excluding tert-OH is 1. The van der Waals surface area contributed by atoms with E-state index in [0.29, 0.717) is 5.92 Å². The molecular formula is C16H24O. The van der Waals surface area contributed by atoms with Crippen LogP contribution < -0.4 is 0 Å². The third-order valence-electron chi connectivity index (χ3n) is 4.47. The summed E-state index contributed by atoms with van der Waals surface area (Å²) in [5.41, 5.74) is 3.85. The maximum absolute atomic E-state index is 10.7. The molecule has 2 atom stereocenters. The van der Waals surface area contributed by atoms with Crippen molar-refractivity contribution in [3.63, 3.8) is 0 Å². The van der Waals surface area contributed by atoms with Crippen LogP contribution in [-0.2, 0) is 0 Å². The highest BCUT2D eigenvalue weighted by Crippen LogP contribution is 2.49. The van der Waals surface area contributed by atoms with Crippen molar-refractivity contribution in [1.29, 1.82) is 0 Å². The molecule has 1 N–H and O–H groups in total. The number of rotatable bonds is 2. The summed E-state index contributed by atoms with van der Waals surface area (Å²) in [6.07, 6.45) is 3.34. The molecule has 1 saturated carbocycles. The first-order valence-electron chi connectivity index (χ1n) is 6.67. The minimum absolute atomic E-state index is 0.273. The SMILES string of the molecule is Cc1ccc(C)c(C(O)C2CCCC2(C)C)c1. The molecule has 0 saturated heterocycles. The highest BCUT2D eigenvalue weighted by Gasteiger charge is 2.39. The molecule has 1 aliphatic rings. The van der Waals surface area contributed by atoms with Gasteiger partial charge in [-0.15, -0.1) is 0 Å². The summed E-state index contributed by atoms with van der Waals surface area (Å²) in [7, 11) is 0. The molecule has 2 unspecified atom stereocenters. The van der Waals surface area contributed by atoms with E-state index in [1.165, 1.54) is 24.0 Å². The van der Waals surface area contributed by atoms with Gasteiger partial charge in [0, 0.05) is 0 Å². The predicted molar refractivity (Wildman–Crippen MR) is 72.0 cm³/mol. The van der Waals surface area contributed by atoms with Crippen LogP contribution in [0.3, 0.4) is 0 Å². The van der Waals surface area contributed by atoms with Gasteiger partial charge in [-0.3, -0.25) is 0 Å². The topological polar surface area (TPSA) is 20.2 Å². The molecule has 0 amide bonds. The quantitative estimate of drug-likeness (QED) is 0.811. The van der Waals surface area contributed by atoms with Crippen LogP contribution in [0.25, 0.3) is 0 Å².